The number of hydrogen-bond donors (Lipinski definition) is 0. The van der Waals surface area contributed by atoms with E-state index in [0.717, 1.165) is 0 Å². The maximum Gasteiger partial charge on any atom is 0.0555 e. The summed E-state index contributed by atoms with van der Waals surface area (Å²) in [5, 5.41) is 7.92. The van der Waals surface area contributed by atoms with Crippen LogP contribution in [-0.2, 0) is 10.8 Å². The van der Waals surface area contributed by atoms with Gasteiger partial charge in [0.1, 0.15) is 0 Å². The number of fused-ring (bicyclic) bond motifs is 17. The first-order chi connectivity index (χ1) is 27.8. The van der Waals surface area contributed by atoms with Crippen molar-refractivity contribution in [3.05, 3.63) is 180 Å². The van der Waals surface area contributed by atoms with Crippen molar-refractivity contribution in [3.8, 4) is 33.6 Å². The fraction of sp³-hybridized carbons (Fsp3) is 0.111. The van der Waals surface area contributed by atoms with Gasteiger partial charge in [0, 0.05) is 63.9 Å². The zero-order valence-electron chi connectivity index (χ0n) is 32.3. The molecule has 0 fully saturated rings. The summed E-state index contributed by atoms with van der Waals surface area (Å²) in [4.78, 5) is 0. The molecular weight excluding hydrogens is 709 g/mol. The first kappa shape index (κ1) is 31.7. The molecule has 0 aliphatic heterocycles. The molecule has 2 nitrogen and oxygen atoms in total. The summed E-state index contributed by atoms with van der Waals surface area (Å²) in [6, 6.07) is 59.6. The molecule has 0 spiro atoms. The lowest BCUT2D eigenvalue weighted by Crippen LogP contribution is -2.15. The number of benzene rings is 8. The van der Waals surface area contributed by atoms with E-state index >= 15 is 0 Å². The molecule has 8 aromatic carbocycles. The lowest BCUT2D eigenvalue weighted by Gasteiger charge is -2.22. The van der Waals surface area contributed by atoms with E-state index in [1.165, 1.54) is 120 Å². The second kappa shape index (κ2) is 10.7. The van der Waals surface area contributed by atoms with E-state index in [9.17, 15) is 0 Å². The Kier molecular flexibility index (Phi) is 5.96. The topological polar surface area (TPSA) is 9.86 Å². The Morgan fingerprint density at radius 3 is 1.23 bits per heavy atom. The summed E-state index contributed by atoms with van der Waals surface area (Å²) in [6.45, 7) is 9.48. The van der Waals surface area contributed by atoms with Crippen LogP contribution in [0.2, 0.25) is 0 Å². The molecule has 2 aliphatic rings. The first-order valence-electron chi connectivity index (χ1n) is 20.1. The van der Waals surface area contributed by atoms with Crippen molar-refractivity contribution in [3.63, 3.8) is 0 Å². The molecule has 0 N–H and O–H groups in total. The summed E-state index contributed by atoms with van der Waals surface area (Å²) in [5.41, 5.74) is 18.3. The fourth-order valence-corrected chi connectivity index (χ4v) is 12.4. The van der Waals surface area contributed by atoms with Crippen LogP contribution in [0.5, 0.6) is 0 Å². The Bertz CT molecular complexity index is 3350. The van der Waals surface area contributed by atoms with Crippen LogP contribution in [0.4, 0.5) is 0 Å². The maximum absolute atomic E-state index is 2.50. The van der Waals surface area contributed by atoms with Gasteiger partial charge in [-0.05, 0) is 93.0 Å². The quantitative estimate of drug-likeness (QED) is 0.167. The zero-order chi connectivity index (χ0) is 37.9. The highest BCUT2D eigenvalue weighted by molar-refractivity contribution is 7.27. The molecule has 3 heterocycles. The molecule has 11 aromatic rings. The zero-order valence-corrected chi connectivity index (χ0v) is 33.1. The van der Waals surface area contributed by atoms with E-state index in [4.69, 9.17) is 0 Å². The molecule has 0 radical (unpaired) electrons. The monoisotopic (exact) mass is 746 g/mol. The Morgan fingerprint density at radius 1 is 0.351 bits per heavy atom. The normalized spacial score (nSPS) is 14.9. The molecule has 13 rings (SSSR count). The minimum absolute atomic E-state index is 0.0645. The number of nitrogens with zero attached hydrogens (tertiary/aromatic N) is 2. The highest BCUT2D eigenvalue weighted by Gasteiger charge is 2.37. The van der Waals surface area contributed by atoms with Crippen LogP contribution in [0.25, 0.3) is 97.4 Å². The Balaban J connectivity index is 1.06. The summed E-state index contributed by atoms with van der Waals surface area (Å²) in [7, 11) is 0. The third kappa shape index (κ3) is 3.90. The number of thiophene rings is 1. The predicted octanol–water partition coefficient (Wildman–Crippen LogP) is 14.9. The van der Waals surface area contributed by atoms with Gasteiger partial charge >= 0.3 is 0 Å². The summed E-state index contributed by atoms with van der Waals surface area (Å²) >= 11 is 1.96. The third-order valence-corrected chi connectivity index (χ3v) is 15.0. The second-order valence-corrected chi connectivity index (χ2v) is 18.3. The molecule has 57 heavy (non-hydrogen) atoms. The highest BCUT2D eigenvalue weighted by atomic mass is 32.1. The van der Waals surface area contributed by atoms with Gasteiger partial charge in [0.2, 0.25) is 0 Å². The minimum atomic E-state index is -0.0645. The van der Waals surface area contributed by atoms with Crippen molar-refractivity contribution in [2.45, 2.75) is 38.5 Å². The third-order valence-electron chi connectivity index (χ3n) is 13.7. The van der Waals surface area contributed by atoms with Crippen LogP contribution in [0.3, 0.4) is 0 Å². The van der Waals surface area contributed by atoms with Gasteiger partial charge in [-0.25, -0.2) is 0 Å². The van der Waals surface area contributed by atoms with Crippen LogP contribution in [0, 0.1) is 0 Å². The van der Waals surface area contributed by atoms with E-state index in [-0.39, 0.29) is 10.8 Å². The molecular formula is C54H38N2S. The SMILES string of the molecule is CC1(C)c2ccccc2-c2ccc(-n3c4ccccc4c4c5sc6c(ccc7c6c6ccccc6n7-c6ccc7c(c6)C(C)(C)c6ccccc6-7)c5ccc43)cc21. The summed E-state index contributed by atoms with van der Waals surface area (Å²) in [6.07, 6.45) is 0. The average Bonchev–Trinajstić information content (AvgIpc) is 3.99. The Morgan fingerprint density at radius 2 is 0.754 bits per heavy atom. The molecule has 2 aliphatic carbocycles. The Hall–Kier alpha value is -6.42. The molecule has 0 saturated carbocycles. The average molecular weight is 747 g/mol. The molecule has 0 bridgehead atoms. The van der Waals surface area contributed by atoms with Crippen molar-refractivity contribution in [2.24, 2.45) is 0 Å². The van der Waals surface area contributed by atoms with Crippen molar-refractivity contribution in [1.29, 1.82) is 0 Å². The Labute approximate surface area is 334 Å². The van der Waals surface area contributed by atoms with Gasteiger partial charge in [0.25, 0.3) is 0 Å². The van der Waals surface area contributed by atoms with Gasteiger partial charge in [-0.2, -0.15) is 0 Å². The van der Waals surface area contributed by atoms with Gasteiger partial charge in [-0.3, -0.25) is 0 Å². The van der Waals surface area contributed by atoms with Crippen LogP contribution in [-0.4, -0.2) is 9.13 Å². The van der Waals surface area contributed by atoms with E-state index in [1.807, 2.05) is 11.3 Å². The van der Waals surface area contributed by atoms with Crippen LogP contribution >= 0.6 is 11.3 Å². The summed E-state index contributed by atoms with van der Waals surface area (Å²) in [5.74, 6) is 0. The molecule has 3 heteroatoms. The fourth-order valence-electron chi connectivity index (χ4n) is 11.0. The van der Waals surface area contributed by atoms with Crippen molar-refractivity contribution in [1.82, 2.24) is 9.13 Å². The maximum atomic E-state index is 2.50. The molecule has 270 valence electrons. The van der Waals surface area contributed by atoms with Crippen molar-refractivity contribution < 1.29 is 0 Å². The lowest BCUT2D eigenvalue weighted by molar-refractivity contribution is 0.660. The molecule has 0 saturated heterocycles. The minimum Gasteiger partial charge on any atom is -0.309 e. The second-order valence-electron chi connectivity index (χ2n) is 17.3. The number of para-hydroxylation sites is 2. The standard InChI is InChI=1S/C54H38N2S/c1-53(2)41-17-9-5-13-33(41)35-23-21-31(29-43(35)53)55-45-19-11-7-15-39(45)49-47(55)27-25-37-38-26-28-48-50(52(38)57-51(37)49)40-16-8-12-20-46(40)56(48)32-22-24-36-34-14-6-10-18-42(34)54(3,4)44(36)30-32/h5-30H,1-4H3. The van der Waals surface area contributed by atoms with E-state index in [2.05, 4.69) is 195 Å². The number of aromatic nitrogens is 2. The van der Waals surface area contributed by atoms with E-state index in [1.54, 1.807) is 0 Å². The van der Waals surface area contributed by atoms with Gasteiger partial charge in [-0.15, -0.1) is 11.3 Å². The molecule has 0 amide bonds. The van der Waals surface area contributed by atoms with Crippen molar-refractivity contribution >= 4 is 75.1 Å². The first-order valence-corrected chi connectivity index (χ1v) is 20.9. The number of rotatable bonds is 2. The van der Waals surface area contributed by atoms with Gasteiger partial charge < -0.3 is 9.13 Å². The van der Waals surface area contributed by atoms with Crippen molar-refractivity contribution in [2.75, 3.05) is 0 Å². The smallest absolute Gasteiger partial charge is 0.0555 e. The number of hydrogen-bond acceptors (Lipinski definition) is 1. The highest BCUT2D eigenvalue weighted by Crippen LogP contribution is 2.52. The lowest BCUT2D eigenvalue weighted by atomic mass is 9.82. The largest absolute Gasteiger partial charge is 0.309 e. The van der Waals surface area contributed by atoms with Crippen LogP contribution < -0.4 is 0 Å². The predicted molar refractivity (Wildman–Crippen MR) is 243 cm³/mol. The molecule has 0 unspecified atom stereocenters. The molecule has 0 atom stereocenters. The van der Waals surface area contributed by atoms with Crippen LogP contribution in [0.1, 0.15) is 49.9 Å². The van der Waals surface area contributed by atoms with Crippen LogP contribution in [0.15, 0.2) is 158 Å². The molecule has 3 aromatic heterocycles. The van der Waals surface area contributed by atoms with Gasteiger partial charge in [0.15, 0.2) is 0 Å². The van der Waals surface area contributed by atoms with Gasteiger partial charge in [-0.1, -0.05) is 137 Å². The van der Waals surface area contributed by atoms with Gasteiger partial charge in [0.05, 0.1) is 22.1 Å². The summed E-state index contributed by atoms with van der Waals surface area (Å²) < 4.78 is 7.71. The van der Waals surface area contributed by atoms with E-state index in [0.29, 0.717) is 0 Å². The van der Waals surface area contributed by atoms with E-state index < -0.39 is 0 Å².